The van der Waals surface area contributed by atoms with E-state index >= 15 is 0 Å². The third-order valence-corrected chi connectivity index (χ3v) is 5.47. The van der Waals surface area contributed by atoms with Gasteiger partial charge in [-0.25, -0.2) is 9.97 Å². The molecule has 0 saturated carbocycles. The van der Waals surface area contributed by atoms with E-state index in [-0.39, 0.29) is 6.79 Å². The van der Waals surface area contributed by atoms with Gasteiger partial charge < -0.3 is 14.2 Å². The molecule has 0 radical (unpaired) electrons. The molecule has 6 heteroatoms. The summed E-state index contributed by atoms with van der Waals surface area (Å²) in [6.45, 7) is 0.259. The third-order valence-electron chi connectivity index (χ3n) is 4.28. The van der Waals surface area contributed by atoms with Gasteiger partial charge in [-0.1, -0.05) is 0 Å². The Morgan fingerprint density at radius 3 is 2.96 bits per heavy atom. The van der Waals surface area contributed by atoms with Crippen molar-refractivity contribution in [2.75, 3.05) is 6.79 Å². The molecule has 0 amide bonds. The van der Waals surface area contributed by atoms with Crippen LogP contribution in [0.2, 0.25) is 0 Å². The quantitative estimate of drug-likeness (QED) is 0.710. The minimum Gasteiger partial charge on any atom is -0.454 e. The number of thiophene rings is 1. The highest BCUT2D eigenvalue weighted by Crippen LogP contribution is 2.41. The largest absolute Gasteiger partial charge is 0.454 e. The number of hydrogen-bond donors (Lipinski definition) is 0. The summed E-state index contributed by atoms with van der Waals surface area (Å²) in [5.41, 5.74) is 1.37. The molecule has 0 N–H and O–H groups in total. The second kappa shape index (κ2) is 5.09. The van der Waals surface area contributed by atoms with E-state index in [2.05, 4.69) is 9.97 Å². The molecule has 0 saturated heterocycles. The van der Waals surface area contributed by atoms with Gasteiger partial charge in [-0.05, 0) is 43.4 Å². The van der Waals surface area contributed by atoms with Gasteiger partial charge in [0.25, 0.3) is 0 Å². The number of hydrogen-bond acceptors (Lipinski definition) is 6. The summed E-state index contributed by atoms with van der Waals surface area (Å²) in [4.78, 5) is 11.3. The molecule has 0 spiro atoms. The molecule has 0 atom stereocenters. The maximum Gasteiger partial charge on any atom is 0.231 e. The van der Waals surface area contributed by atoms with Crippen LogP contribution in [0.4, 0.5) is 0 Å². The first-order valence-electron chi connectivity index (χ1n) is 7.71. The Balaban J connectivity index is 1.59. The van der Waals surface area contributed by atoms with Crippen LogP contribution >= 0.6 is 11.3 Å². The molecule has 1 aromatic carbocycles. The molecule has 0 unspecified atom stereocenters. The van der Waals surface area contributed by atoms with E-state index in [0.29, 0.717) is 17.4 Å². The van der Waals surface area contributed by atoms with Gasteiger partial charge in [0.05, 0.1) is 5.39 Å². The second-order valence-corrected chi connectivity index (χ2v) is 6.77. The van der Waals surface area contributed by atoms with E-state index in [4.69, 9.17) is 14.2 Å². The van der Waals surface area contributed by atoms with Crippen molar-refractivity contribution in [3.63, 3.8) is 0 Å². The Kier molecular flexibility index (Phi) is 2.91. The number of ether oxygens (including phenoxy) is 3. The molecule has 1 aliphatic carbocycles. The Labute approximate surface area is 136 Å². The fourth-order valence-corrected chi connectivity index (χ4v) is 4.41. The zero-order valence-corrected chi connectivity index (χ0v) is 13.2. The van der Waals surface area contributed by atoms with Gasteiger partial charge in [-0.2, -0.15) is 0 Å². The smallest absolute Gasteiger partial charge is 0.231 e. The summed E-state index contributed by atoms with van der Waals surface area (Å²) in [5.74, 6) is 2.79. The minimum absolute atomic E-state index is 0.259. The van der Waals surface area contributed by atoms with Gasteiger partial charge in [0, 0.05) is 10.9 Å². The van der Waals surface area contributed by atoms with Crippen molar-refractivity contribution < 1.29 is 14.2 Å². The van der Waals surface area contributed by atoms with E-state index in [1.807, 2.05) is 18.2 Å². The summed E-state index contributed by atoms with van der Waals surface area (Å²) in [5, 5.41) is 1.07. The van der Waals surface area contributed by atoms with E-state index in [0.717, 1.165) is 28.8 Å². The van der Waals surface area contributed by atoms with Gasteiger partial charge in [-0.3, -0.25) is 0 Å². The Morgan fingerprint density at radius 2 is 1.96 bits per heavy atom. The SMILES string of the molecule is c1nc(Oc2ccc3c(c2)OCO3)c2c3c(sc2n1)CCCC3. The van der Waals surface area contributed by atoms with Crippen molar-refractivity contribution >= 4 is 21.6 Å². The Hall–Kier alpha value is -2.34. The first-order chi connectivity index (χ1) is 11.4. The predicted octanol–water partition coefficient (Wildman–Crippen LogP) is 4.09. The molecular formula is C17H14N2O3S. The van der Waals surface area contributed by atoms with Gasteiger partial charge in [0.15, 0.2) is 11.5 Å². The van der Waals surface area contributed by atoms with Gasteiger partial charge >= 0.3 is 0 Å². The molecule has 0 bridgehead atoms. The van der Waals surface area contributed by atoms with Crippen LogP contribution in [0.15, 0.2) is 24.5 Å². The fraction of sp³-hybridized carbons (Fsp3) is 0.294. The maximum atomic E-state index is 6.06. The Morgan fingerprint density at radius 1 is 1.04 bits per heavy atom. The highest BCUT2D eigenvalue weighted by atomic mass is 32.1. The van der Waals surface area contributed by atoms with Crippen LogP contribution in [0.25, 0.3) is 10.2 Å². The normalized spacial score (nSPS) is 15.7. The first kappa shape index (κ1) is 13.1. The summed E-state index contributed by atoms with van der Waals surface area (Å²) in [6, 6.07) is 5.58. The van der Waals surface area contributed by atoms with Crippen LogP contribution in [0.3, 0.4) is 0 Å². The zero-order valence-electron chi connectivity index (χ0n) is 12.4. The molecule has 3 aromatic rings. The molecular weight excluding hydrogens is 312 g/mol. The topological polar surface area (TPSA) is 53.5 Å². The molecule has 2 aliphatic rings. The lowest BCUT2D eigenvalue weighted by molar-refractivity contribution is 0.174. The number of nitrogens with zero attached hydrogens (tertiary/aromatic N) is 2. The van der Waals surface area contributed by atoms with Crippen molar-refractivity contribution in [1.29, 1.82) is 0 Å². The highest BCUT2D eigenvalue weighted by molar-refractivity contribution is 7.18. The maximum absolute atomic E-state index is 6.06. The lowest BCUT2D eigenvalue weighted by Gasteiger charge is -2.12. The number of aromatic nitrogens is 2. The molecule has 23 heavy (non-hydrogen) atoms. The summed E-state index contributed by atoms with van der Waals surface area (Å²) in [7, 11) is 0. The lowest BCUT2D eigenvalue weighted by atomic mass is 9.97. The van der Waals surface area contributed by atoms with Crippen molar-refractivity contribution in [3.8, 4) is 23.1 Å². The van der Waals surface area contributed by atoms with E-state index in [1.165, 1.54) is 23.3 Å². The lowest BCUT2D eigenvalue weighted by Crippen LogP contribution is -1.99. The van der Waals surface area contributed by atoms with E-state index in [9.17, 15) is 0 Å². The molecule has 3 heterocycles. The van der Waals surface area contributed by atoms with Crippen LogP contribution in [-0.4, -0.2) is 16.8 Å². The Bertz CT molecular complexity index is 906. The standard InChI is InChI=1S/C17H14N2O3S/c1-2-4-14-11(3-1)15-16(18-8-19-17(15)23-14)22-10-5-6-12-13(7-10)21-9-20-12/h5-8H,1-4,9H2. The van der Waals surface area contributed by atoms with Gasteiger partial charge in [0.2, 0.25) is 12.7 Å². The monoisotopic (exact) mass is 326 g/mol. The summed E-state index contributed by atoms with van der Waals surface area (Å²) >= 11 is 1.77. The molecule has 2 aromatic heterocycles. The molecule has 1 aliphatic heterocycles. The summed E-state index contributed by atoms with van der Waals surface area (Å²) < 4.78 is 16.8. The zero-order chi connectivity index (χ0) is 15.2. The number of benzene rings is 1. The van der Waals surface area contributed by atoms with Crippen LogP contribution in [0, 0.1) is 0 Å². The van der Waals surface area contributed by atoms with Crippen molar-refractivity contribution in [2.24, 2.45) is 0 Å². The van der Waals surface area contributed by atoms with Crippen molar-refractivity contribution in [2.45, 2.75) is 25.7 Å². The van der Waals surface area contributed by atoms with Gasteiger partial charge in [0.1, 0.15) is 16.9 Å². The average molecular weight is 326 g/mol. The first-order valence-corrected chi connectivity index (χ1v) is 8.53. The molecule has 5 rings (SSSR count). The fourth-order valence-electron chi connectivity index (χ4n) is 3.19. The predicted molar refractivity (Wildman–Crippen MR) is 86.7 cm³/mol. The van der Waals surface area contributed by atoms with Crippen LogP contribution < -0.4 is 14.2 Å². The third kappa shape index (κ3) is 2.13. The molecule has 116 valence electrons. The molecule has 5 nitrogen and oxygen atoms in total. The van der Waals surface area contributed by atoms with E-state index < -0.39 is 0 Å². The highest BCUT2D eigenvalue weighted by Gasteiger charge is 2.21. The number of aryl methyl sites for hydroxylation is 2. The van der Waals surface area contributed by atoms with Crippen LogP contribution in [-0.2, 0) is 12.8 Å². The van der Waals surface area contributed by atoms with Crippen LogP contribution in [0.1, 0.15) is 23.3 Å². The van der Waals surface area contributed by atoms with E-state index in [1.54, 1.807) is 17.7 Å². The molecule has 0 fully saturated rings. The van der Waals surface area contributed by atoms with Crippen molar-refractivity contribution in [1.82, 2.24) is 9.97 Å². The second-order valence-electron chi connectivity index (χ2n) is 5.69. The van der Waals surface area contributed by atoms with Crippen molar-refractivity contribution in [3.05, 3.63) is 35.0 Å². The minimum atomic E-state index is 0.259. The van der Waals surface area contributed by atoms with Gasteiger partial charge in [-0.15, -0.1) is 11.3 Å². The number of fused-ring (bicyclic) bond motifs is 4. The summed E-state index contributed by atoms with van der Waals surface area (Å²) in [6.07, 6.45) is 6.27. The average Bonchev–Trinajstić information content (AvgIpc) is 3.18. The van der Waals surface area contributed by atoms with Crippen LogP contribution in [0.5, 0.6) is 23.1 Å². The number of rotatable bonds is 2.